The summed E-state index contributed by atoms with van der Waals surface area (Å²) in [4.78, 5) is 49.9. The van der Waals surface area contributed by atoms with Crippen LogP contribution in [0.15, 0.2) is 101 Å². The Morgan fingerprint density at radius 2 is 1.71 bits per heavy atom. The van der Waals surface area contributed by atoms with Crippen LogP contribution in [0.2, 0.25) is 5.02 Å². The molecule has 0 aliphatic carbocycles. The number of nitrogens with zero attached hydrogens (tertiary/aromatic N) is 3. The zero-order chi connectivity index (χ0) is 28.7. The molecule has 9 nitrogen and oxygen atoms in total. The van der Waals surface area contributed by atoms with Gasteiger partial charge in [-0.25, -0.2) is 14.8 Å². The van der Waals surface area contributed by atoms with E-state index in [9.17, 15) is 19.5 Å². The molecule has 0 aliphatic heterocycles. The van der Waals surface area contributed by atoms with Crippen LogP contribution in [0.25, 0.3) is 38.6 Å². The fourth-order valence-corrected chi connectivity index (χ4v) is 5.47. The zero-order valence-electron chi connectivity index (χ0n) is 21.6. The molecule has 3 aromatic carbocycles. The molecule has 202 valence electrons. The summed E-state index contributed by atoms with van der Waals surface area (Å²) in [6.45, 7) is 1.84. The predicted molar refractivity (Wildman–Crippen MR) is 159 cm³/mol. The molecule has 0 aliphatic rings. The van der Waals surface area contributed by atoms with Crippen LogP contribution in [0.5, 0.6) is 0 Å². The van der Waals surface area contributed by atoms with Crippen molar-refractivity contribution in [1.29, 1.82) is 0 Å². The van der Waals surface area contributed by atoms with E-state index in [0.29, 0.717) is 55.2 Å². The zero-order valence-corrected chi connectivity index (χ0v) is 22.4. The van der Waals surface area contributed by atoms with E-state index in [2.05, 4.69) is 20.3 Å². The van der Waals surface area contributed by atoms with Crippen LogP contribution in [0.1, 0.15) is 29.0 Å². The second-order valence-electron chi connectivity index (χ2n) is 9.44. The van der Waals surface area contributed by atoms with Crippen molar-refractivity contribution >= 4 is 45.2 Å². The summed E-state index contributed by atoms with van der Waals surface area (Å²) >= 11 is 7.13. The third kappa shape index (κ3) is 4.52. The molecule has 10 heteroatoms. The van der Waals surface area contributed by atoms with E-state index in [1.807, 2.05) is 43.3 Å². The van der Waals surface area contributed by atoms with Crippen molar-refractivity contribution in [3.8, 4) is 16.8 Å². The van der Waals surface area contributed by atoms with Gasteiger partial charge in [0.05, 0.1) is 27.7 Å². The van der Waals surface area contributed by atoms with E-state index in [-0.39, 0.29) is 16.6 Å². The first-order valence-corrected chi connectivity index (χ1v) is 13.1. The monoisotopic (exact) mass is 563 g/mol. The lowest BCUT2D eigenvalue weighted by atomic mass is 9.97. The summed E-state index contributed by atoms with van der Waals surface area (Å²) in [7, 11) is 0. The van der Waals surface area contributed by atoms with Gasteiger partial charge in [0.15, 0.2) is 5.43 Å². The van der Waals surface area contributed by atoms with E-state index >= 15 is 0 Å². The number of benzene rings is 3. The number of fused-ring (bicyclic) bond motifs is 2. The molecule has 0 bridgehead atoms. The van der Waals surface area contributed by atoms with Gasteiger partial charge in [-0.1, -0.05) is 60.1 Å². The van der Waals surface area contributed by atoms with Gasteiger partial charge in [0.1, 0.15) is 23.2 Å². The Morgan fingerprint density at radius 3 is 2.44 bits per heavy atom. The minimum Gasteiger partial charge on any atom is -0.478 e. The third-order valence-electron chi connectivity index (χ3n) is 6.95. The van der Waals surface area contributed by atoms with Gasteiger partial charge >= 0.3 is 5.97 Å². The molecular formula is C31H22ClN5O4. The predicted octanol–water partition coefficient (Wildman–Crippen LogP) is 5.81. The fourth-order valence-electron chi connectivity index (χ4n) is 5.06. The lowest BCUT2D eigenvalue weighted by molar-refractivity contribution is 0.0697. The molecule has 0 radical (unpaired) electrons. The molecule has 3 heterocycles. The molecule has 1 unspecified atom stereocenters. The molecule has 0 saturated carbocycles. The molecule has 6 rings (SSSR count). The second-order valence-corrected chi connectivity index (χ2v) is 9.82. The number of anilines is 1. The molecule has 3 N–H and O–H groups in total. The van der Waals surface area contributed by atoms with Gasteiger partial charge in [0.2, 0.25) is 0 Å². The molecule has 1 atom stereocenters. The summed E-state index contributed by atoms with van der Waals surface area (Å²) in [5.74, 6) is -0.728. The number of nitrogens with one attached hydrogen (secondary N) is 2. The summed E-state index contributed by atoms with van der Waals surface area (Å²) < 4.78 is 1.56. The molecular weight excluding hydrogens is 542 g/mol. The Bertz CT molecular complexity index is 2070. The number of carbonyl (C=O) groups is 1. The first kappa shape index (κ1) is 26.0. The van der Waals surface area contributed by atoms with Crippen LogP contribution in [0.3, 0.4) is 0 Å². The fraction of sp³-hybridized carbons (Fsp3) is 0.0645. The molecule has 41 heavy (non-hydrogen) atoms. The highest BCUT2D eigenvalue weighted by atomic mass is 35.5. The highest BCUT2D eigenvalue weighted by Crippen LogP contribution is 2.36. The minimum absolute atomic E-state index is 0.145. The number of carboxylic acids is 1. The van der Waals surface area contributed by atoms with Gasteiger partial charge < -0.3 is 15.4 Å². The van der Waals surface area contributed by atoms with Crippen molar-refractivity contribution in [1.82, 2.24) is 19.5 Å². The van der Waals surface area contributed by atoms with Crippen LogP contribution < -0.4 is 16.3 Å². The summed E-state index contributed by atoms with van der Waals surface area (Å²) in [6.07, 6.45) is 2.87. The van der Waals surface area contributed by atoms with Crippen LogP contribution in [0.4, 0.5) is 5.82 Å². The molecule has 0 spiro atoms. The average Bonchev–Trinajstić information content (AvgIpc) is 2.99. The van der Waals surface area contributed by atoms with Crippen molar-refractivity contribution in [3.05, 3.63) is 128 Å². The van der Waals surface area contributed by atoms with Crippen LogP contribution in [0, 0.1) is 0 Å². The Labute approximate surface area is 237 Å². The number of hydrogen-bond acceptors (Lipinski definition) is 6. The maximum atomic E-state index is 14.4. The molecule has 3 aromatic heterocycles. The van der Waals surface area contributed by atoms with Crippen LogP contribution >= 0.6 is 11.6 Å². The highest BCUT2D eigenvalue weighted by Gasteiger charge is 2.24. The SMILES string of the molecule is CC(Nc1ncnc2[nH]ccc(=O)c12)c1c(Cl)c2cccc(-c3ccc(C(=O)O)cc3)c2c(=O)n1-c1ccccc1. The van der Waals surface area contributed by atoms with Gasteiger partial charge in [-0.2, -0.15) is 0 Å². The number of carboxylic acid groups (broad SMARTS) is 1. The van der Waals surface area contributed by atoms with E-state index in [1.54, 1.807) is 28.8 Å². The van der Waals surface area contributed by atoms with E-state index in [0.717, 1.165) is 0 Å². The van der Waals surface area contributed by atoms with Gasteiger partial charge in [-0.3, -0.25) is 14.2 Å². The second kappa shape index (κ2) is 10.4. The van der Waals surface area contributed by atoms with Crippen molar-refractivity contribution in [2.45, 2.75) is 13.0 Å². The number of para-hydroxylation sites is 1. The Hall–Kier alpha value is -5.28. The van der Waals surface area contributed by atoms with Crippen LogP contribution in [-0.4, -0.2) is 30.6 Å². The Kier molecular flexibility index (Phi) is 6.56. The van der Waals surface area contributed by atoms with Crippen molar-refractivity contribution in [3.63, 3.8) is 0 Å². The van der Waals surface area contributed by atoms with E-state index in [4.69, 9.17) is 11.6 Å². The Balaban J connectivity index is 1.60. The summed E-state index contributed by atoms with van der Waals surface area (Å²) in [5, 5.41) is 14.2. The van der Waals surface area contributed by atoms with Gasteiger partial charge in [0, 0.05) is 23.3 Å². The van der Waals surface area contributed by atoms with Crippen LogP contribution in [-0.2, 0) is 0 Å². The number of aromatic carboxylic acids is 1. The maximum Gasteiger partial charge on any atom is 0.335 e. The lowest BCUT2D eigenvalue weighted by Crippen LogP contribution is -2.27. The van der Waals surface area contributed by atoms with Crippen molar-refractivity contribution in [2.75, 3.05) is 5.32 Å². The number of aromatic amines is 1. The Morgan fingerprint density at radius 1 is 0.951 bits per heavy atom. The first-order chi connectivity index (χ1) is 19.8. The smallest absolute Gasteiger partial charge is 0.335 e. The first-order valence-electron chi connectivity index (χ1n) is 12.7. The molecule has 0 amide bonds. The average molecular weight is 564 g/mol. The normalized spacial score (nSPS) is 12.0. The van der Waals surface area contributed by atoms with Crippen molar-refractivity contribution in [2.24, 2.45) is 0 Å². The van der Waals surface area contributed by atoms with Crippen molar-refractivity contribution < 1.29 is 9.90 Å². The topological polar surface area (TPSA) is 130 Å². The molecule has 0 saturated heterocycles. The summed E-state index contributed by atoms with van der Waals surface area (Å²) in [6, 6.07) is 21.7. The number of hydrogen-bond donors (Lipinski definition) is 3. The lowest BCUT2D eigenvalue weighted by Gasteiger charge is -2.24. The highest BCUT2D eigenvalue weighted by molar-refractivity contribution is 6.36. The number of aromatic nitrogens is 4. The number of halogens is 1. The number of pyridine rings is 2. The standard InChI is InChI=1S/C31H22ClN5O4/c1-17(36-29-25-23(38)14-15-33-28(25)34-16-35-29)27-26(32)22-9-5-8-21(18-10-12-19(13-11-18)31(40)41)24(22)30(39)37(27)20-6-3-2-4-7-20/h2-17H,1H3,(H,40,41)(H2,33,34,35,36,38). The molecule has 0 fully saturated rings. The molecule has 6 aromatic rings. The third-order valence-corrected chi connectivity index (χ3v) is 7.35. The van der Waals surface area contributed by atoms with Gasteiger partial charge in [-0.15, -0.1) is 0 Å². The minimum atomic E-state index is -1.03. The van der Waals surface area contributed by atoms with E-state index < -0.39 is 12.0 Å². The van der Waals surface area contributed by atoms with Gasteiger partial charge in [0.25, 0.3) is 5.56 Å². The quantitative estimate of drug-likeness (QED) is 0.233. The number of rotatable bonds is 6. The summed E-state index contributed by atoms with van der Waals surface area (Å²) in [5.41, 5.74) is 2.35. The van der Waals surface area contributed by atoms with Gasteiger partial charge in [-0.05, 0) is 42.3 Å². The maximum absolute atomic E-state index is 14.4. The largest absolute Gasteiger partial charge is 0.478 e. The number of H-pyrrole nitrogens is 1. The van der Waals surface area contributed by atoms with E-state index in [1.165, 1.54) is 30.7 Å².